The number of nitrogens with two attached hydrogens (primary N) is 1. The highest BCUT2D eigenvalue weighted by Crippen LogP contribution is 2.54. The van der Waals surface area contributed by atoms with Crippen LogP contribution in [0.25, 0.3) is 0 Å². The van der Waals surface area contributed by atoms with Gasteiger partial charge in [0.05, 0.1) is 12.6 Å². The van der Waals surface area contributed by atoms with Crippen LogP contribution in [0.3, 0.4) is 0 Å². The molecule has 3 fully saturated rings. The number of primary amides is 1. The smallest absolute Gasteiger partial charge is 0.231 e. The first-order chi connectivity index (χ1) is 13.1. The van der Waals surface area contributed by atoms with E-state index in [1.165, 1.54) is 25.7 Å². The molecule has 154 valence electrons. The van der Waals surface area contributed by atoms with Gasteiger partial charge in [0.2, 0.25) is 5.91 Å². The SMILES string of the molecule is CCN=C(NC1CCN(CC(N)=O)CC1)NC1CC(OCC)C12CCCC2. The lowest BCUT2D eigenvalue weighted by Gasteiger charge is -2.54. The average Bonchev–Trinajstić information content (AvgIpc) is 3.15. The first kappa shape index (κ1) is 20.4. The normalized spacial score (nSPS) is 28.9. The van der Waals surface area contributed by atoms with E-state index < -0.39 is 0 Å². The highest BCUT2D eigenvalue weighted by atomic mass is 16.5. The maximum absolute atomic E-state index is 11.1. The Morgan fingerprint density at radius 1 is 1.22 bits per heavy atom. The van der Waals surface area contributed by atoms with E-state index >= 15 is 0 Å². The summed E-state index contributed by atoms with van der Waals surface area (Å²) in [7, 11) is 0. The number of nitrogens with one attached hydrogen (secondary N) is 2. The fraction of sp³-hybridized carbons (Fsp3) is 0.900. The summed E-state index contributed by atoms with van der Waals surface area (Å²) in [4.78, 5) is 17.9. The number of aliphatic imine (C=N–C) groups is 1. The molecule has 27 heavy (non-hydrogen) atoms. The molecule has 3 aliphatic rings. The fourth-order valence-corrected chi connectivity index (χ4v) is 5.19. The Bertz CT molecular complexity index is 524. The van der Waals surface area contributed by atoms with Gasteiger partial charge in [0, 0.05) is 43.7 Å². The third kappa shape index (κ3) is 4.74. The van der Waals surface area contributed by atoms with Gasteiger partial charge in [0.1, 0.15) is 0 Å². The molecule has 0 aromatic rings. The van der Waals surface area contributed by atoms with Gasteiger partial charge in [-0.2, -0.15) is 0 Å². The van der Waals surface area contributed by atoms with Crippen molar-refractivity contribution in [1.29, 1.82) is 0 Å². The van der Waals surface area contributed by atoms with Gasteiger partial charge in [-0.25, -0.2) is 0 Å². The molecule has 7 nitrogen and oxygen atoms in total. The topological polar surface area (TPSA) is 92.0 Å². The number of amides is 1. The molecule has 1 aliphatic heterocycles. The van der Waals surface area contributed by atoms with Gasteiger partial charge in [-0.15, -0.1) is 0 Å². The summed E-state index contributed by atoms with van der Waals surface area (Å²) in [5.41, 5.74) is 5.61. The summed E-state index contributed by atoms with van der Waals surface area (Å²) in [5.74, 6) is 0.698. The van der Waals surface area contributed by atoms with E-state index in [1.54, 1.807) is 0 Å². The van der Waals surface area contributed by atoms with Gasteiger partial charge in [0.15, 0.2) is 5.96 Å². The van der Waals surface area contributed by atoms with E-state index in [4.69, 9.17) is 15.5 Å². The molecule has 4 N–H and O–H groups in total. The molecule has 1 heterocycles. The number of likely N-dealkylation sites (tertiary alicyclic amines) is 1. The molecule has 2 aliphatic carbocycles. The van der Waals surface area contributed by atoms with Crippen molar-refractivity contribution in [1.82, 2.24) is 15.5 Å². The molecule has 2 saturated carbocycles. The zero-order chi connectivity index (χ0) is 19.3. The summed E-state index contributed by atoms with van der Waals surface area (Å²) in [6, 6.07) is 0.860. The Kier molecular flexibility index (Phi) is 6.98. The Morgan fingerprint density at radius 2 is 1.93 bits per heavy atom. The Hall–Kier alpha value is -1.34. The predicted molar refractivity (Wildman–Crippen MR) is 108 cm³/mol. The second kappa shape index (κ2) is 9.24. The molecule has 0 bridgehead atoms. The number of carbonyl (C=O) groups is 1. The average molecular weight is 380 g/mol. The van der Waals surface area contributed by atoms with E-state index in [0.717, 1.165) is 51.5 Å². The zero-order valence-corrected chi connectivity index (χ0v) is 17.0. The van der Waals surface area contributed by atoms with Gasteiger partial charge in [-0.3, -0.25) is 14.7 Å². The minimum Gasteiger partial charge on any atom is -0.378 e. The van der Waals surface area contributed by atoms with Crippen LogP contribution in [-0.4, -0.2) is 67.7 Å². The number of guanidine groups is 1. The van der Waals surface area contributed by atoms with Crippen LogP contribution in [0.15, 0.2) is 4.99 Å². The molecule has 3 rings (SSSR count). The Labute approximate surface area is 163 Å². The van der Waals surface area contributed by atoms with Gasteiger partial charge in [0.25, 0.3) is 0 Å². The van der Waals surface area contributed by atoms with Crippen LogP contribution in [0, 0.1) is 5.41 Å². The molecule has 0 aromatic carbocycles. The van der Waals surface area contributed by atoms with Gasteiger partial charge in [-0.1, -0.05) is 12.8 Å². The highest BCUT2D eigenvalue weighted by Gasteiger charge is 2.57. The van der Waals surface area contributed by atoms with E-state index in [-0.39, 0.29) is 5.91 Å². The van der Waals surface area contributed by atoms with E-state index in [1.807, 2.05) is 0 Å². The number of ether oxygens (including phenoxy) is 1. The minimum atomic E-state index is -0.244. The quantitative estimate of drug-likeness (QED) is 0.457. The van der Waals surface area contributed by atoms with Crippen molar-refractivity contribution in [2.45, 2.75) is 77.0 Å². The second-order valence-electron chi connectivity index (χ2n) is 8.30. The van der Waals surface area contributed by atoms with Crippen molar-refractivity contribution in [2.24, 2.45) is 16.1 Å². The Balaban J connectivity index is 1.53. The first-order valence-corrected chi connectivity index (χ1v) is 10.8. The summed E-state index contributed by atoms with van der Waals surface area (Å²) < 4.78 is 6.04. The standard InChI is InChI=1S/C20H37N5O2/c1-3-22-19(23-15-7-11-25(12-8-15)14-18(21)26)24-16-13-17(27-4-2)20(16)9-5-6-10-20/h15-17H,3-14H2,1-2H3,(H2,21,26)(H2,22,23,24). The minimum absolute atomic E-state index is 0.244. The second-order valence-corrected chi connectivity index (χ2v) is 8.30. The summed E-state index contributed by atoms with van der Waals surface area (Å²) in [6.07, 6.45) is 8.66. The molecular formula is C20H37N5O2. The third-order valence-corrected chi connectivity index (χ3v) is 6.62. The molecule has 0 aromatic heterocycles. The van der Waals surface area contributed by atoms with Crippen molar-refractivity contribution in [2.75, 3.05) is 32.8 Å². The fourth-order valence-electron chi connectivity index (χ4n) is 5.19. The maximum atomic E-state index is 11.1. The largest absolute Gasteiger partial charge is 0.378 e. The molecule has 7 heteroatoms. The van der Waals surface area contributed by atoms with Crippen LogP contribution < -0.4 is 16.4 Å². The van der Waals surface area contributed by atoms with Gasteiger partial charge >= 0.3 is 0 Å². The molecule has 0 radical (unpaired) electrons. The van der Waals surface area contributed by atoms with Crippen LogP contribution in [0.2, 0.25) is 0 Å². The summed E-state index contributed by atoms with van der Waals surface area (Å²) >= 11 is 0. The van der Waals surface area contributed by atoms with Crippen LogP contribution >= 0.6 is 0 Å². The highest BCUT2D eigenvalue weighted by molar-refractivity contribution is 5.80. The molecular weight excluding hydrogens is 342 g/mol. The molecule has 2 unspecified atom stereocenters. The monoisotopic (exact) mass is 379 g/mol. The van der Waals surface area contributed by atoms with E-state index in [0.29, 0.717) is 30.1 Å². The summed E-state index contributed by atoms with van der Waals surface area (Å²) in [5, 5.41) is 7.38. The lowest BCUT2D eigenvalue weighted by Crippen LogP contribution is -2.65. The first-order valence-electron chi connectivity index (χ1n) is 10.8. The number of carbonyl (C=O) groups excluding carboxylic acids is 1. The van der Waals surface area contributed by atoms with Crippen molar-refractivity contribution < 1.29 is 9.53 Å². The van der Waals surface area contributed by atoms with Gasteiger partial charge < -0.3 is 21.1 Å². The number of hydrogen-bond acceptors (Lipinski definition) is 4. The van der Waals surface area contributed by atoms with Crippen molar-refractivity contribution in [3.8, 4) is 0 Å². The lowest BCUT2D eigenvalue weighted by molar-refractivity contribution is -0.125. The van der Waals surface area contributed by atoms with Crippen LogP contribution in [0.4, 0.5) is 0 Å². The predicted octanol–water partition coefficient (Wildman–Crippen LogP) is 1.23. The molecule has 1 spiro atoms. The van der Waals surface area contributed by atoms with Crippen molar-refractivity contribution >= 4 is 11.9 Å². The Morgan fingerprint density at radius 3 is 2.52 bits per heavy atom. The summed E-state index contributed by atoms with van der Waals surface area (Å²) in [6.45, 7) is 7.92. The van der Waals surface area contributed by atoms with Crippen LogP contribution in [0.5, 0.6) is 0 Å². The lowest BCUT2D eigenvalue weighted by atomic mass is 9.60. The molecule has 1 amide bonds. The van der Waals surface area contributed by atoms with Crippen LogP contribution in [0.1, 0.15) is 58.8 Å². The van der Waals surface area contributed by atoms with Crippen LogP contribution in [-0.2, 0) is 9.53 Å². The maximum Gasteiger partial charge on any atom is 0.231 e. The number of piperidine rings is 1. The third-order valence-electron chi connectivity index (χ3n) is 6.62. The van der Waals surface area contributed by atoms with E-state index in [9.17, 15) is 4.79 Å². The molecule has 2 atom stereocenters. The number of nitrogens with zero attached hydrogens (tertiary/aromatic N) is 2. The van der Waals surface area contributed by atoms with E-state index in [2.05, 4.69) is 29.4 Å². The van der Waals surface area contributed by atoms with Gasteiger partial charge in [-0.05, 0) is 46.0 Å². The number of hydrogen-bond donors (Lipinski definition) is 3. The zero-order valence-electron chi connectivity index (χ0n) is 17.0. The molecule has 1 saturated heterocycles. The number of rotatable bonds is 7. The van der Waals surface area contributed by atoms with Crippen molar-refractivity contribution in [3.63, 3.8) is 0 Å². The van der Waals surface area contributed by atoms with Crippen molar-refractivity contribution in [3.05, 3.63) is 0 Å².